The van der Waals surface area contributed by atoms with E-state index in [-0.39, 0.29) is 74.2 Å². The third-order valence-corrected chi connectivity index (χ3v) is 15.5. The molecule has 4 fully saturated rings. The number of imide groups is 1. The Balaban J connectivity index is 0.863. The van der Waals surface area contributed by atoms with E-state index in [1.165, 1.54) is 15.2 Å². The van der Waals surface area contributed by atoms with Crippen LogP contribution in [0.5, 0.6) is 11.8 Å². The zero-order valence-electron chi connectivity index (χ0n) is 42.7. The molecule has 7 aromatic rings. The summed E-state index contributed by atoms with van der Waals surface area (Å²) in [6.07, 6.45) is 2.80. The molecule has 0 radical (unpaired) electrons. The van der Waals surface area contributed by atoms with Crippen molar-refractivity contribution in [2.24, 2.45) is 12.8 Å². The second-order valence-electron chi connectivity index (χ2n) is 20.7. The Bertz CT molecular complexity index is 3450. The van der Waals surface area contributed by atoms with Gasteiger partial charge in [-0.1, -0.05) is 18.2 Å². The number of aromatic nitrogens is 6. The van der Waals surface area contributed by atoms with Crippen LogP contribution in [0.2, 0.25) is 0 Å². The summed E-state index contributed by atoms with van der Waals surface area (Å²) in [7, 11) is 3.27. The van der Waals surface area contributed by atoms with Gasteiger partial charge in [0, 0.05) is 92.8 Å². The van der Waals surface area contributed by atoms with Gasteiger partial charge < -0.3 is 29.7 Å². The second-order valence-corrected chi connectivity index (χ2v) is 20.7. The Morgan fingerprint density at radius 1 is 0.920 bits per heavy atom. The molecule has 75 heavy (non-hydrogen) atoms. The molecule has 0 spiro atoms. The number of piperidine rings is 2. The Hall–Kier alpha value is -7.29. The van der Waals surface area contributed by atoms with Crippen molar-refractivity contribution in [3.05, 3.63) is 105 Å². The van der Waals surface area contributed by atoms with E-state index >= 15 is 8.78 Å². The quantitative estimate of drug-likeness (QED) is 0.102. The van der Waals surface area contributed by atoms with Crippen LogP contribution in [0.1, 0.15) is 90.5 Å². The number of benzene rings is 4. The number of H-pyrrole nitrogens is 1. The number of carbonyl (C=O) groups is 3. The minimum atomic E-state index is -1.28. The molecule has 4 N–H and O–H groups in total. The zero-order chi connectivity index (χ0) is 52.4. The molecule has 11 rings (SSSR count). The van der Waals surface area contributed by atoms with Gasteiger partial charge in [0.15, 0.2) is 5.75 Å². The molecule has 3 saturated heterocycles. The number of fused-ring (bicyclic) bond motifs is 3. The highest BCUT2D eigenvalue weighted by Gasteiger charge is 2.36. The molecular weight excluding hydrogens is 965 g/mol. The molecule has 3 aliphatic heterocycles. The van der Waals surface area contributed by atoms with Gasteiger partial charge in [-0.2, -0.15) is 15.1 Å². The van der Waals surface area contributed by atoms with Crippen LogP contribution in [0.25, 0.3) is 44.0 Å². The van der Waals surface area contributed by atoms with E-state index < -0.39 is 30.0 Å². The van der Waals surface area contributed by atoms with E-state index in [0.717, 1.165) is 34.9 Å². The van der Waals surface area contributed by atoms with E-state index in [9.17, 15) is 19.2 Å². The number of aromatic amines is 1. The smallest absolute Gasteiger partial charge is 0.329 e. The molecule has 392 valence electrons. The van der Waals surface area contributed by atoms with Crippen molar-refractivity contribution in [2.45, 2.75) is 102 Å². The van der Waals surface area contributed by atoms with Crippen molar-refractivity contribution in [2.75, 3.05) is 51.3 Å². The first kappa shape index (κ1) is 49.9. The number of carbonyl (C=O) groups excluding carboxylic acids is 3. The fourth-order valence-corrected chi connectivity index (χ4v) is 11.0. The SMILES string of the molecule is CO[C@@H](C)COc1nc(N2CC[C@@H](N)[C@@H](F)C2)c2cc(C3CC3)c(-c3c(C)c(F)cc4[nH]ncc34)c(OCc3ccc(C(=O)N4CCN(Cc5ccc6c(c5)n(C)c(=O)n6C5CCC(=O)NC5=O)C[C@@H]4C)cc3)c2n1. The maximum atomic E-state index is 16.0. The molecule has 20 heteroatoms. The number of halogens is 2. The van der Waals surface area contributed by atoms with Crippen molar-refractivity contribution in [3.63, 3.8) is 0 Å². The number of methoxy groups -OCH3 is 1. The van der Waals surface area contributed by atoms with Crippen molar-refractivity contribution in [3.8, 4) is 22.9 Å². The van der Waals surface area contributed by atoms with Crippen LogP contribution in [0.4, 0.5) is 14.6 Å². The van der Waals surface area contributed by atoms with Crippen molar-refractivity contribution in [1.82, 2.24) is 44.4 Å². The summed E-state index contributed by atoms with van der Waals surface area (Å²) in [5, 5.41) is 11.0. The van der Waals surface area contributed by atoms with Crippen LogP contribution in [0.15, 0.2) is 65.6 Å². The third-order valence-electron chi connectivity index (χ3n) is 15.5. The molecule has 18 nitrogen and oxygen atoms in total. The number of hydrogen-bond acceptors (Lipinski definition) is 13. The number of nitrogens with two attached hydrogens (primary N) is 1. The first-order chi connectivity index (χ1) is 36.1. The summed E-state index contributed by atoms with van der Waals surface area (Å²) in [5.41, 5.74) is 13.1. The number of ether oxygens (including phenoxy) is 3. The minimum absolute atomic E-state index is 0.0311. The Morgan fingerprint density at radius 2 is 1.71 bits per heavy atom. The number of amides is 3. The number of aryl methyl sites for hydroxylation is 1. The summed E-state index contributed by atoms with van der Waals surface area (Å²) < 4.78 is 53.1. The van der Waals surface area contributed by atoms with Gasteiger partial charge in [-0.15, -0.1) is 0 Å². The third kappa shape index (κ3) is 9.47. The van der Waals surface area contributed by atoms with Crippen molar-refractivity contribution in [1.29, 1.82) is 0 Å². The first-order valence-electron chi connectivity index (χ1n) is 25.8. The highest BCUT2D eigenvalue weighted by molar-refractivity contribution is 6.06. The van der Waals surface area contributed by atoms with E-state index in [1.807, 2.05) is 66.1 Å². The second kappa shape index (κ2) is 20.1. The zero-order valence-corrected chi connectivity index (χ0v) is 42.7. The molecule has 0 bridgehead atoms. The standard InChI is InChI=1S/C55H61F2N11O7/c1-29-24-65(25-33-8-13-43-45(20-33)64(4)55(72)68(43)44-14-15-46(69)60-52(44)70)18-19-67(29)53(71)35-9-6-32(7-10-35)28-74-50-48(47-31(3)39(56)22-42-38(47)23-59-63-42)36(34-11-12-34)21-37-49(50)61-54(75-27-30(2)73-5)62-51(37)66-17-16-41(58)40(57)26-66/h6-10,13,20-23,29-30,34,40-41,44H,11-12,14-19,24-28,58H2,1-5H3,(H,59,63)(H,60,69,70)/t29-,30-,40-,41+,44?/m0/s1. The van der Waals surface area contributed by atoms with E-state index in [1.54, 1.807) is 27.3 Å². The molecule has 1 saturated carbocycles. The van der Waals surface area contributed by atoms with Crippen molar-refractivity contribution < 1.29 is 37.4 Å². The molecule has 6 heterocycles. The summed E-state index contributed by atoms with van der Waals surface area (Å²) >= 11 is 0. The number of hydrogen-bond donors (Lipinski definition) is 3. The summed E-state index contributed by atoms with van der Waals surface area (Å²) in [6.45, 7) is 8.71. The van der Waals surface area contributed by atoms with Gasteiger partial charge in [0.05, 0.1) is 35.4 Å². The van der Waals surface area contributed by atoms with Gasteiger partial charge in [0.2, 0.25) is 11.8 Å². The summed E-state index contributed by atoms with van der Waals surface area (Å²) in [5.74, 6) is -0.290. The molecule has 1 aliphatic carbocycles. The van der Waals surface area contributed by atoms with Crippen molar-refractivity contribution >= 4 is 56.4 Å². The molecule has 4 aromatic carbocycles. The Kier molecular flexibility index (Phi) is 13.4. The lowest BCUT2D eigenvalue weighted by Crippen LogP contribution is -2.53. The average molecular weight is 1030 g/mol. The first-order valence-corrected chi connectivity index (χ1v) is 25.8. The van der Waals surface area contributed by atoms with E-state index in [0.29, 0.717) is 100 Å². The predicted molar refractivity (Wildman–Crippen MR) is 278 cm³/mol. The number of nitrogens with one attached hydrogen (secondary N) is 2. The van der Waals surface area contributed by atoms with Crippen LogP contribution in [0.3, 0.4) is 0 Å². The number of piperazine rings is 1. The van der Waals surface area contributed by atoms with Crippen LogP contribution < -0.4 is 31.1 Å². The topological polar surface area (TPSA) is 208 Å². The molecule has 5 atom stereocenters. The highest BCUT2D eigenvalue weighted by atomic mass is 19.1. The van der Waals surface area contributed by atoms with Crippen LogP contribution in [0, 0.1) is 12.7 Å². The largest absolute Gasteiger partial charge is 0.486 e. The Morgan fingerprint density at radius 3 is 2.44 bits per heavy atom. The minimum Gasteiger partial charge on any atom is -0.486 e. The predicted octanol–water partition coefficient (Wildman–Crippen LogP) is 6.34. The number of alkyl halides is 1. The van der Waals surface area contributed by atoms with E-state index in [2.05, 4.69) is 26.5 Å². The van der Waals surface area contributed by atoms with Crippen LogP contribution in [-0.4, -0.2) is 128 Å². The maximum Gasteiger partial charge on any atom is 0.329 e. The lowest BCUT2D eigenvalue weighted by molar-refractivity contribution is -0.135. The molecule has 3 aromatic heterocycles. The van der Waals surface area contributed by atoms with Gasteiger partial charge >= 0.3 is 11.7 Å². The lowest BCUT2D eigenvalue weighted by atomic mass is 9.88. The van der Waals surface area contributed by atoms with Gasteiger partial charge in [-0.3, -0.25) is 38.8 Å². The molecule has 4 aliphatic rings. The lowest BCUT2D eigenvalue weighted by Gasteiger charge is -2.40. The number of anilines is 1. The van der Waals surface area contributed by atoms with E-state index in [4.69, 9.17) is 29.9 Å². The Labute approximate surface area is 431 Å². The fourth-order valence-electron chi connectivity index (χ4n) is 11.0. The van der Waals surface area contributed by atoms with Gasteiger partial charge in [-0.05, 0) is 111 Å². The average Bonchev–Trinajstić information content (AvgIpc) is 4.10. The maximum absolute atomic E-state index is 16.0. The van der Waals surface area contributed by atoms with Crippen LogP contribution >= 0.6 is 0 Å². The summed E-state index contributed by atoms with van der Waals surface area (Å²) in [4.78, 5) is 68.1. The normalized spacial score (nSPS) is 21.1. The van der Waals surface area contributed by atoms with Gasteiger partial charge in [0.25, 0.3) is 5.91 Å². The number of imidazole rings is 1. The number of nitrogens with zero attached hydrogens (tertiary/aromatic N) is 8. The van der Waals surface area contributed by atoms with Gasteiger partial charge in [0.1, 0.15) is 42.6 Å². The highest BCUT2D eigenvalue weighted by Crippen LogP contribution is 2.53. The summed E-state index contributed by atoms with van der Waals surface area (Å²) in [6, 6.07) is 15.2. The fraction of sp³-hybridized carbons (Fsp3) is 0.436. The number of rotatable bonds is 14. The molecule has 3 amide bonds. The van der Waals surface area contributed by atoms with Crippen LogP contribution in [-0.2, 0) is 34.5 Å². The van der Waals surface area contributed by atoms with Gasteiger partial charge in [-0.25, -0.2) is 13.6 Å². The monoisotopic (exact) mass is 1030 g/mol. The molecular formula is C55H61F2N11O7. The molecule has 1 unspecified atom stereocenters.